The molecule has 2 aromatic carbocycles. The SMILES string of the molecule is COc1cccc2c(O)c3c(cc12)C(=O)C=C(C)C3=O. The molecule has 0 fully saturated rings. The van der Waals surface area contributed by atoms with E-state index in [2.05, 4.69) is 0 Å². The maximum atomic E-state index is 12.2. The monoisotopic (exact) mass is 268 g/mol. The highest BCUT2D eigenvalue weighted by molar-refractivity contribution is 6.27. The number of fused-ring (bicyclic) bond motifs is 2. The van der Waals surface area contributed by atoms with Crippen molar-refractivity contribution in [2.75, 3.05) is 7.11 Å². The lowest BCUT2D eigenvalue weighted by Crippen LogP contribution is -2.16. The predicted molar refractivity (Wildman–Crippen MR) is 74.6 cm³/mol. The number of allylic oxidation sites excluding steroid dienone is 2. The van der Waals surface area contributed by atoms with Crippen LogP contribution in [0.4, 0.5) is 0 Å². The molecule has 2 aromatic rings. The van der Waals surface area contributed by atoms with E-state index in [4.69, 9.17) is 4.74 Å². The van der Waals surface area contributed by atoms with E-state index in [0.29, 0.717) is 22.1 Å². The van der Waals surface area contributed by atoms with Gasteiger partial charge in [-0.3, -0.25) is 9.59 Å². The van der Waals surface area contributed by atoms with Gasteiger partial charge in [0.05, 0.1) is 12.7 Å². The first-order chi connectivity index (χ1) is 9.54. The van der Waals surface area contributed by atoms with Crippen LogP contribution in [0.25, 0.3) is 10.8 Å². The van der Waals surface area contributed by atoms with Gasteiger partial charge >= 0.3 is 0 Å². The zero-order chi connectivity index (χ0) is 14.4. The lowest BCUT2D eigenvalue weighted by atomic mass is 9.87. The molecule has 4 heteroatoms. The van der Waals surface area contributed by atoms with Crippen LogP contribution in [0.3, 0.4) is 0 Å². The highest BCUT2D eigenvalue weighted by atomic mass is 16.5. The molecule has 4 nitrogen and oxygen atoms in total. The summed E-state index contributed by atoms with van der Waals surface area (Å²) in [6.07, 6.45) is 1.30. The van der Waals surface area contributed by atoms with Gasteiger partial charge in [-0.05, 0) is 25.1 Å². The molecule has 0 amide bonds. The maximum absolute atomic E-state index is 12.2. The summed E-state index contributed by atoms with van der Waals surface area (Å²) >= 11 is 0. The third kappa shape index (κ3) is 1.54. The molecule has 1 aliphatic carbocycles. The number of aromatic hydroxyl groups is 1. The van der Waals surface area contributed by atoms with Crippen LogP contribution < -0.4 is 4.74 Å². The highest BCUT2D eigenvalue weighted by Crippen LogP contribution is 2.39. The summed E-state index contributed by atoms with van der Waals surface area (Å²) < 4.78 is 5.23. The van der Waals surface area contributed by atoms with E-state index in [9.17, 15) is 14.7 Å². The smallest absolute Gasteiger partial charge is 0.193 e. The Morgan fingerprint density at radius 2 is 1.90 bits per heavy atom. The molecule has 0 radical (unpaired) electrons. The van der Waals surface area contributed by atoms with Crippen molar-refractivity contribution < 1.29 is 19.4 Å². The van der Waals surface area contributed by atoms with E-state index in [-0.39, 0.29) is 28.4 Å². The molecule has 0 aliphatic heterocycles. The molecule has 0 saturated heterocycles. The second-order valence-corrected chi connectivity index (χ2v) is 4.72. The predicted octanol–water partition coefficient (Wildman–Crippen LogP) is 2.88. The summed E-state index contributed by atoms with van der Waals surface area (Å²) in [5.74, 6) is -0.212. The molecule has 1 aliphatic rings. The van der Waals surface area contributed by atoms with E-state index in [1.165, 1.54) is 13.2 Å². The molecular weight excluding hydrogens is 256 g/mol. The first kappa shape index (κ1) is 12.4. The number of phenolic OH excluding ortho intramolecular Hbond substituents is 1. The molecule has 20 heavy (non-hydrogen) atoms. The number of benzene rings is 2. The van der Waals surface area contributed by atoms with E-state index >= 15 is 0 Å². The molecule has 0 atom stereocenters. The van der Waals surface area contributed by atoms with Gasteiger partial charge in [0.25, 0.3) is 0 Å². The zero-order valence-electron chi connectivity index (χ0n) is 11.1. The van der Waals surface area contributed by atoms with Crippen LogP contribution in [0, 0.1) is 0 Å². The zero-order valence-corrected chi connectivity index (χ0v) is 11.1. The van der Waals surface area contributed by atoms with Crippen LogP contribution in [0.5, 0.6) is 11.5 Å². The van der Waals surface area contributed by atoms with Crippen molar-refractivity contribution in [3.63, 3.8) is 0 Å². The molecule has 0 bridgehead atoms. The van der Waals surface area contributed by atoms with Gasteiger partial charge in [0.1, 0.15) is 11.5 Å². The number of carbonyl (C=O) groups excluding carboxylic acids is 2. The van der Waals surface area contributed by atoms with Crippen LogP contribution in [0.2, 0.25) is 0 Å². The lowest BCUT2D eigenvalue weighted by molar-refractivity contribution is 0.0982. The summed E-state index contributed by atoms with van der Waals surface area (Å²) in [5, 5.41) is 11.5. The lowest BCUT2D eigenvalue weighted by Gasteiger charge is -2.17. The van der Waals surface area contributed by atoms with E-state index in [1.54, 1.807) is 31.2 Å². The van der Waals surface area contributed by atoms with E-state index < -0.39 is 0 Å². The Hall–Kier alpha value is -2.62. The van der Waals surface area contributed by atoms with Crippen LogP contribution >= 0.6 is 0 Å². The fraction of sp³-hybridized carbons (Fsp3) is 0.125. The molecule has 0 saturated carbocycles. The number of ketones is 2. The largest absolute Gasteiger partial charge is 0.506 e. The second-order valence-electron chi connectivity index (χ2n) is 4.72. The quantitative estimate of drug-likeness (QED) is 0.863. The van der Waals surface area contributed by atoms with Crippen molar-refractivity contribution in [3.05, 3.63) is 47.0 Å². The van der Waals surface area contributed by atoms with Gasteiger partial charge in [0, 0.05) is 21.9 Å². The van der Waals surface area contributed by atoms with Gasteiger partial charge in [-0.25, -0.2) is 0 Å². The number of Topliss-reactive ketones (excluding diaryl/α,β-unsaturated/α-hetero) is 1. The minimum Gasteiger partial charge on any atom is -0.506 e. The minimum atomic E-state index is -0.318. The number of hydrogen-bond donors (Lipinski definition) is 1. The average molecular weight is 268 g/mol. The van der Waals surface area contributed by atoms with Crippen LogP contribution in [-0.2, 0) is 0 Å². The number of ether oxygens (including phenoxy) is 1. The third-order valence-corrected chi connectivity index (χ3v) is 3.53. The fourth-order valence-electron chi connectivity index (χ4n) is 2.52. The average Bonchev–Trinajstić information content (AvgIpc) is 2.44. The first-order valence-electron chi connectivity index (χ1n) is 6.14. The highest BCUT2D eigenvalue weighted by Gasteiger charge is 2.28. The Labute approximate surface area is 115 Å². The molecule has 0 spiro atoms. The van der Waals surface area contributed by atoms with Crippen molar-refractivity contribution in [2.24, 2.45) is 0 Å². The minimum absolute atomic E-state index is 0.0794. The standard InChI is InChI=1S/C16H12O4/c1-8-6-12(17)11-7-10-9(4-3-5-13(10)20-2)16(19)14(11)15(8)18/h3-7,19H,1-2H3. The Morgan fingerprint density at radius 3 is 2.60 bits per heavy atom. The number of carbonyl (C=O) groups is 2. The van der Waals surface area contributed by atoms with Gasteiger partial charge in [-0.1, -0.05) is 12.1 Å². The molecule has 0 unspecified atom stereocenters. The molecule has 0 aromatic heterocycles. The summed E-state index contributed by atoms with van der Waals surface area (Å²) in [4.78, 5) is 24.2. The summed E-state index contributed by atoms with van der Waals surface area (Å²) in [6.45, 7) is 1.57. The van der Waals surface area contributed by atoms with Crippen molar-refractivity contribution in [2.45, 2.75) is 6.92 Å². The van der Waals surface area contributed by atoms with Crippen LogP contribution in [0.1, 0.15) is 27.6 Å². The van der Waals surface area contributed by atoms with Crippen molar-refractivity contribution in [3.8, 4) is 11.5 Å². The van der Waals surface area contributed by atoms with E-state index in [1.807, 2.05) is 0 Å². The number of methoxy groups -OCH3 is 1. The van der Waals surface area contributed by atoms with Gasteiger partial charge < -0.3 is 9.84 Å². The maximum Gasteiger partial charge on any atom is 0.193 e. The van der Waals surface area contributed by atoms with Crippen molar-refractivity contribution in [1.82, 2.24) is 0 Å². The summed E-state index contributed by atoms with van der Waals surface area (Å²) in [7, 11) is 1.52. The number of phenols is 1. The topological polar surface area (TPSA) is 63.6 Å². The van der Waals surface area contributed by atoms with Gasteiger partial charge in [-0.15, -0.1) is 0 Å². The van der Waals surface area contributed by atoms with E-state index in [0.717, 1.165) is 0 Å². The first-order valence-corrected chi connectivity index (χ1v) is 6.14. The second kappa shape index (κ2) is 4.20. The summed E-state index contributed by atoms with van der Waals surface area (Å²) in [6, 6.07) is 6.76. The molecule has 0 heterocycles. The van der Waals surface area contributed by atoms with Crippen molar-refractivity contribution in [1.29, 1.82) is 0 Å². The van der Waals surface area contributed by atoms with Crippen LogP contribution in [0.15, 0.2) is 35.9 Å². The van der Waals surface area contributed by atoms with Gasteiger partial charge in [-0.2, -0.15) is 0 Å². The Kier molecular flexibility index (Phi) is 2.61. The molecular formula is C16H12O4. The van der Waals surface area contributed by atoms with Gasteiger partial charge in [0.15, 0.2) is 11.6 Å². The Morgan fingerprint density at radius 1 is 1.15 bits per heavy atom. The van der Waals surface area contributed by atoms with Crippen LogP contribution in [-0.4, -0.2) is 23.8 Å². The normalized spacial score (nSPS) is 14.2. The Bertz CT molecular complexity index is 800. The summed E-state index contributed by atoms with van der Waals surface area (Å²) in [5.41, 5.74) is 0.630. The third-order valence-electron chi connectivity index (χ3n) is 3.53. The number of rotatable bonds is 1. The fourth-order valence-corrected chi connectivity index (χ4v) is 2.52. The Balaban J connectivity index is 2.46. The number of hydrogen-bond acceptors (Lipinski definition) is 4. The molecule has 1 N–H and O–H groups in total. The molecule has 3 rings (SSSR count). The molecule has 100 valence electrons. The van der Waals surface area contributed by atoms with Gasteiger partial charge in [0.2, 0.25) is 0 Å². The van der Waals surface area contributed by atoms with Crippen molar-refractivity contribution >= 4 is 22.3 Å².